The van der Waals surface area contributed by atoms with Crippen molar-refractivity contribution in [1.82, 2.24) is 9.78 Å². The smallest absolute Gasteiger partial charge is 0.0738 e. The zero-order valence-corrected chi connectivity index (χ0v) is 13.0. The van der Waals surface area contributed by atoms with Crippen LogP contribution >= 0.6 is 15.9 Å². The van der Waals surface area contributed by atoms with Crippen molar-refractivity contribution in [2.75, 3.05) is 0 Å². The topological polar surface area (TPSA) is 43.8 Å². The fourth-order valence-electron chi connectivity index (χ4n) is 2.27. The Labute approximate surface area is 122 Å². The molecule has 0 radical (unpaired) electrons. The molecule has 0 aliphatic carbocycles. The molecule has 3 nitrogen and oxygen atoms in total. The Bertz CT molecular complexity index is 534. The van der Waals surface area contributed by atoms with Crippen molar-refractivity contribution in [3.8, 4) is 0 Å². The number of nitrogens with two attached hydrogens (primary N) is 1. The van der Waals surface area contributed by atoms with Crippen LogP contribution in [0.3, 0.4) is 0 Å². The maximum absolute atomic E-state index is 6.25. The van der Waals surface area contributed by atoms with Gasteiger partial charge in [-0.2, -0.15) is 5.10 Å². The fraction of sp³-hybridized carbons (Fsp3) is 0.400. The summed E-state index contributed by atoms with van der Waals surface area (Å²) in [6, 6.07) is 10.3. The highest BCUT2D eigenvalue weighted by molar-refractivity contribution is 9.10. The summed E-state index contributed by atoms with van der Waals surface area (Å²) in [5.74, 6) is 0. The van der Waals surface area contributed by atoms with Gasteiger partial charge in [0.15, 0.2) is 0 Å². The Morgan fingerprint density at radius 3 is 2.63 bits per heavy atom. The van der Waals surface area contributed by atoms with Gasteiger partial charge in [0, 0.05) is 12.6 Å². The molecular formula is C15H20BrN3. The highest BCUT2D eigenvalue weighted by Gasteiger charge is 2.14. The summed E-state index contributed by atoms with van der Waals surface area (Å²) < 4.78 is 3.17. The lowest BCUT2D eigenvalue weighted by Crippen LogP contribution is -2.13. The molecule has 4 heteroatoms. The first-order valence-electron chi connectivity index (χ1n) is 6.65. The molecule has 1 atom stereocenters. The normalized spacial score (nSPS) is 12.6. The van der Waals surface area contributed by atoms with E-state index < -0.39 is 0 Å². The molecule has 2 aromatic rings. The summed E-state index contributed by atoms with van der Waals surface area (Å²) in [7, 11) is 0. The third-order valence-electron chi connectivity index (χ3n) is 3.37. The van der Waals surface area contributed by atoms with E-state index in [0.29, 0.717) is 0 Å². The molecule has 0 bridgehead atoms. The molecule has 0 saturated heterocycles. The molecule has 2 rings (SSSR count). The number of hydrogen-bond donors (Lipinski definition) is 1. The SMILES string of the molecule is CCn1nc(C)c(Br)c1CCC(N)c1ccccc1. The maximum atomic E-state index is 6.25. The van der Waals surface area contributed by atoms with Crippen LogP contribution in [0.1, 0.15) is 36.3 Å². The molecule has 19 heavy (non-hydrogen) atoms. The predicted molar refractivity (Wildman–Crippen MR) is 82.0 cm³/mol. The number of hydrogen-bond acceptors (Lipinski definition) is 2. The first-order valence-corrected chi connectivity index (χ1v) is 7.45. The van der Waals surface area contributed by atoms with Gasteiger partial charge >= 0.3 is 0 Å². The highest BCUT2D eigenvalue weighted by atomic mass is 79.9. The molecule has 2 N–H and O–H groups in total. The number of aryl methyl sites for hydroxylation is 2. The maximum Gasteiger partial charge on any atom is 0.0738 e. The van der Waals surface area contributed by atoms with Crippen molar-refractivity contribution in [2.45, 2.75) is 39.3 Å². The second-order valence-corrected chi connectivity index (χ2v) is 5.51. The van der Waals surface area contributed by atoms with Gasteiger partial charge in [-0.3, -0.25) is 4.68 Å². The average molecular weight is 322 g/mol. The van der Waals surface area contributed by atoms with E-state index in [-0.39, 0.29) is 6.04 Å². The molecule has 0 fully saturated rings. The van der Waals surface area contributed by atoms with E-state index in [4.69, 9.17) is 5.73 Å². The van der Waals surface area contributed by atoms with Crippen LogP contribution in [0.15, 0.2) is 34.8 Å². The van der Waals surface area contributed by atoms with E-state index in [1.165, 1.54) is 11.3 Å². The molecular weight excluding hydrogens is 302 g/mol. The van der Waals surface area contributed by atoms with E-state index >= 15 is 0 Å². The van der Waals surface area contributed by atoms with Gasteiger partial charge in [0.05, 0.1) is 15.9 Å². The van der Waals surface area contributed by atoms with Gasteiger partial charge in [-0.15, -0.1) is 0 Å². The van der Waals surface area contributed by atoms with Gasteiger partial charge in [0.1, 0.15) is 0 Å². The predicted octanol–water partition coefficient (Wildman–Crippen LogP) is 3.61. The summed E-state index contributed by atoms with van der Waals surface area (Å²) in [5.41, 5.74) is 9.73. The summed E-state index contributed by atoms with van der Waals surface area (Å²) in [4.78, 5) is 0. The van der Waals surface area contributed by atoms with Crippen LogP contribution in [0, 0.1) is 6.92 Å². The Kier molecular flexibility index (Phi) is 4.77. The average Bonchev–Trinajstić information content (AvgIpc) is 2.72. The largest absolute Gasteiger partial charge is 0.324 e. The van der Waals surface area contributed by atoms with Crippen molar-refractivity contribution in [3.05, 3.63) is 51.8 Å². The second-order valence-electron chi connectivity index (χ2n) is 4.72. The Morgan fingerprint density at radius 2 is 2.00 bits per heavy atom. The number of aromatic nitrogens is 2. The van der Waals surface area contributed by atoms with E-state index in [1.807, 2.05) is 25.1 Å². The van der Waals surface area contributed by atoms with Crippen LogP contribution < -0.4 is 5.73 Å². The Hall–Kier alpha value is -1.13. The number of nitrogens with zero attached hydrogens (tertiary/aromatic N) is 2. The van der Waals surface area contributed by atoms with Crippen molar-refractivity contribution in [2.24, 2.45) is 5.73 Å². The van der Waals surface area contributed by atoms with Crippen LogP contribution in [0.2, 0.25) is 0 Å². The molecule has 1 aromatic heterocycles. The Morgan fingerprint density at radius 1 is 1.32 bits per heavy atom. The van der Waals surface area contributed by atoms with Gasteiger partial charge in [0.2, 0.25) is 0 Å². The first kappa shape index (κ1) is 14.3. The zero-order valence-electron chi connectivity index (χ0n) is 11.4. The molecule has 102 valence electrons. The highest BCUT2D eigenvalue weighted by Crippen LogP contribution is 2.24. The van der Waals surface area contributed by atoms with Crippen molar-refractivity contribution >= 4 is 15.9 Å². The Balaban J connectivity index is 2.07. The van der Waals surface area contributed by atoms with E-state index in [9.17, 15) is 0 Å². The van der Waals surface area contributed by atoms with Crippen LogP contribution in [0.25, 0.3) is 0 Å². The molecule has 1 heterocycles. The third kappa shape index (κ3) is 3.25. The fourth-order valence-corrected chi connectivity index (χ4v) is 2.75. The third-order valence-corrected chi connectivity index (χ3v) is 4.40. The van der Waals surface area contributed by atoms with Gasteiger partial charge in [-0.1, -0.05) is 30.3 Å². The van der Waals surface area contributed by atoms with Crippen molar-refractivity contribution < 1.29 is 0 Å². The summed E-state index contributed by atoms with van der Waals surface area (Å²) in [5, 5.41) is 4.51. The molecule has 0 amide bonds. The molecule has 0 spiro atoms. The minimum Gasteiger partial charge on any atom is -0.324 e. The van der Waals surface area contributed by atoms with Crippen LogP contribution in [-0.2, 0) is 13.0 Å². The standard InChI is InChI=1S/C15H20BrN3/c1-3-19-14(15(16)11(2)18-19)10-9-13(17)12-7-5-4-6-8-12/h4-8,13H,3,9-10,17H2,1-2H3. The number of benzene rings is 1. The number of halogens is 1. The van der Waals surface area contributed by atoms with E-state index in [0.717, 1.165) is 29.6 Å². The zero-order chi connectivity index (χ0) is 13.8. The minimum atomic E-state index is 0.0774. The lowest BCUT2D eigenvalue weighted by atomic mass is 10.0. The van der Waals surface area contributed by atoms with Crippen LogP contribution in [0.5, 0.6) is 0 Å². The molecule has 1 aromatic carbocycles. The van der Waals surface area contributed by atoms with Crippen LogP contribution in [-0.4, -0.2) is 9.78 Å². The van der Waals surface area contributed by atoms with Gasteiger partial charge in [-0.05, 0) is 48.2 Å². The quantitative estimate of drug-likeness (QED) is 0.914. The van der Waals surface area contributed by atoms with Gasteiger partial charge < -0.3 is 5.73 Å². The van der Waals surface area contributed by atoms with E-state index in [1.54, 1.807) is 0 Å². The van der Waals surface area contributed by atoms with Crippen LogP contribution in [0.4, 0.5) is 0 Å². The molecule has 0 aliphatic heterocycles. The van der Waals surface area contributed by atoms with E-state index in [2.05, 4.69) is 44.8 Å². The second kappa shape index (κ2) is 6.35. The summed E-state index contributed by atoms with van der Waals surface area (Å²) >= 11 is 3.62. The van der Waals surface area contributed by atoms with Gasteiger partial charge in [-0.25, -0.2) is 0 Å². The lowest BCUT2D eigenvalue weighted by molar-refractivity contribution is 0.577. The summed E-state index contributed by atoms with van der Waals surface area (Å²) in [6.45, 7) is 5.03. The lowest BCUT2D eigenvalue weighted by Gasteiger charge is -2.12. The molecule has 1 unspecified atom stereocenters. The minimum absolute atomic E-state index is 0.0774. The van der Waals surface area contributed by atoms with Crippen molar-refractivity contribution in [1.29, 1.82) is 0 Å². The molecule has 0 aliphatic rings. The first-order chi connectivity index (χ1) is 9.13. The molecule has 0 saturated carbocycles. The van der Waals surface area contributed by atoms with Gasteiger partial charge in [0.25, 0.3) is 0 Å². The van der Waals surface area contributed by atoms with Crippen molar-refractivity contribution in [3.63, 3.8) is 0 Å². The number of rotatable bonds is 5. The monoisotopic (exact) mass is 321 g/mol. The summed E-state index contributed by atoms with van der Waals surface area (Å²) in [6.07, 6.45) is 1.86.